The van der Waals surface area contributed by atoms with Gasteiger partial charge >= 0.3 is 0 Å². The van der Waals surface area contributed by atoms with E-state index in [1.54, 1.807) is 18.6 Å². The van der Waals surface area contributed by atoms with E-state index in [4.69, 9.17) is 11.6 Å². The molecule has 0 spiro atoms. The molecule has 0 bridgehead atoms. The Balaban J connectivity index is 1.75. The van der Waals surface area contributed by atoms with E-state index in [1.807, 2.05) is 18.2 Å². The number of pyridine rings is 1. The van der Waals surface area contributed by atoms with Crippen molar-refractivity contribution in [2.24, 2.45) is 0 Å². The molecule has 2 aromatic heterocycles. The molecular weight excluding hydrogens is 319 g/mol. The van der Waals surface area contributed by atoms with E-state index < -0.39 is 11.7 Å². The number of aromatic nitrogens is 3. The number of hydrogen-bond acceptors (Lipinski definition) is 4. The summed E-state index contributed by atoms with van der Waals surface area (Å²) in [5, 5.41) is 2.40. The first-order chi connectivity index (χ1) is 11.1. The van der Waals surface area contributed by atoms with Crippen LogP contribution in [0.4, 0.5) is 10.3 Å². The summed E-state index contributed by atoms with van der Waals surface area (Å²) in [7, 11) is 0. The van der Waals surface area contributed by atoms with Crippen molar-refractivity contribution in [1.82, 2.24) is 15.0 Å². The Hall–Kier alpha value is -2.86. The summed E-state index contributed by atoms with van der Waals surface area (Å²) in [6, 6.07) is 9.20. The van der Waals surface area contributed by atoms with Crippen molar-refractivity contribution in [3.8, 4) is 11.3 Å². The predicted molar refractivity (Wildman–Crippen MR) is 84.6 cm³/mol. The zero-order chi connectivity index (χ0) is 16.2. The fourth-order valence-electron chi connectivity index (χ4n) is 1.87. The molecule has 7 heteroatoms. The number of benzene rings is 1. The van der Waals surface area contributed by atoms with Crippen molar-refractivity contribution < 1.29 is 9.18 Å². The van der Waals surface area contributed by atoms with Crippen LogP contribution in [0.5, 0.6) is 0 Å². The second-order valence-corrected chi connectivity index (χ2v) is 5.00. The molecule has 1 aromatic carbocycles. The minimum absolute atomic E-state index is 0.121. The Morgan fingerprint density at radius 3 is 2.52 bits per heavy atom. The van der Waals surface area contributed by atoms with Crippen LogP contribution in [0.1, 0.15) is 10.4 Å². The van der Waals surface area contributed by atoms with Crippen LogP contribution in [0.2, 0.25) is 5.02 Å². The molecule has 1 amide bonds. The van der Waals surface area contributed by atoms with Gasteiger partial charge in [0.1, 0.15) is 5.82 Å². The van der Waals surface area contributed by atoms with Crippen LogP contribution in [-0.4, -0.2) is 20.9 Å². The summed E-state index contributed by atoms with van der Waals surface area (Å²) < 4.78 is 13.1. The zero-order valence-electron chi connectivity index (χ0n) is 11.7. The van der Waals surface area contributed by atoms with Gasteiger partial charge in [-0.25, -0.2) is 14.4 Å². The number of nitrogens with one attached hydrogen (secondary N) is 1. The number of carbonyl (C=O) groups excluding carboxylic acids is 1. The Morgan fingerprint density at radius 2 is 1.87 bits per heavy atom. The largest absolute Gasteiger partial charge is 0.290 e. The predicted octanol–water partition coefficient (Wildman–Crippen LogP) is 3.58. The molecule has 0 saturated carbocycles. The van der Waals surface area contributed by atoms with E-state index >= 15 is 0 Å². The molecule has 0 fully saturated rings. The molecule has 3 aromatic rings. The van der Waals surface area contributed by atoms with Gasteiger partial charge in [-0.2, -0.15) is 0 Å². The average Bonchev–Trinajstić information content (AvgIpc) is 2.59. The Morgan fingerprint density at radius 1 is 1.09 bits per heavy atom. The van der Waals surface area contributed by atoms with Crippen molar-refractivity contribution in [2.75, 3.05) is 5.32 Å². The van der Waals surface area contributed by atoms with Crippen LogP contribution >= 0.6 is 11.6 Å². The minimum atomic E-state index is -0.584. The molecule has 0 aliphatic rings. The summed E-state index contributed by atoms with van der Waals surface area (Å²) in [6.07, 6.45) is 4.79. The third kappa shape index (κ3) is 3.49. The Bertz CT molecular complexity index is 840. The smallest absolute Gasteiger partial charge is 0.258 e. The third-order valence-electron chi connectivity index (χ3n) is 3.02. The maximum atomic E-state index is 13.1. The van der Waals surface area contributed by atoms with Gasteiger partial charge in [0.2, 0.25) is 5.95 Å². The summed E-state index contributed by atoms with van der Waals surface area (Å²) in [5.41, 5.74) is 1.68. The maximum Gasteiger partial charge on any atom is 0.258 e. The molecule has 114 valence electrons. The molecule has 0 aliphatic heterocycles. The lowest BCUT2D eigenvalue weighted by Crippen LogP contribution is -2.14. The molecule has 1 N–H and O–H groups in total. The lowest BCUT2D eigenvalue weighted by Gasteiger charge is -2.05. The van der Waals surface area contributed by atoms with Gasteiger partial charge in [-0.1, -0.05) is 17.7 Å². The minimum Gasteiger partial charge on any atom is -0.290 e. The fourth-order valence-corrected chi connectivity index (χ4v) is 2.05. The monoisotopic (exact) mass is 328 g/mol. The van der Waals surface area contributed by atoms with Gasteiger partial charge in [-0.3, -0.25) is 15.1 Å². The average molecular weight is 329 g/mol. The van der Waals surface area contributed by atoms with Crippen LogP contribution in [0, 0.1) is 5.82 Å². The van der Waals surface area contributed by atoms with Crippen molar-refractivity contribution in [1.29, 1.82) is 0 Å². The summed E-state index contributed by atoms with van der Waals surface area (Å²) in [5.74, 6) is -0.924. The molecule has 2 heterocycles. The number of halogens is 2. The molecule has 0 radical (unpaired) electrons. The third-order valence-corrected chi connectivity index (χ3v) is 3.31. The van der Waals surface area contributed by atoms with Crippen molar-refractivity contribution in [3.63, 3.8) is 0 Å². The van der Waals surface area contributed by atoms with Crippen LogP contribution in [0.3, 0.4) is 0 Å². The molecule has 0 saturated heterocycles. The first-order valence-corrected chi connectivity index (χ1v) is 7.01. The van der Waals surface area contributed by atoms with Crippen LogP contribution in [-0.2, 0) is 0 Å². The fraction of sp³-hybridized carbons (Fsp3) is 0. The number of rotatable bonds is 3. The quantitative estimate of drug-likeness (QED) is 0.798. The number of hydrogen-bond donors (Lipinski definition) is 1. The SMILES string of the molecule is O=C(Nc1ncc(-c2ccccn2)cn1)c1ccc(F)c(Cl)c1. The highest BCUT2D eigenvalue weighted by molar-refractivity contribution is 6.31. The highest BCUT2D eigenvalue weighted by atomic mass is 35.5. The number of carbonyl (C=O) groups is 1. The standard InChI is InChI=1S/C16H10ClFN4O/c17-12-7-10(4-5-13(12)18)15(23)22-16-20-8-11(9-21-16)14-3-1-2-6-19-14/h1-9H,(H,20,21,22,23). The van der Waals surface area contributed by atoms with E-state index in [1.165, 1.54) is 12.1 Å². The van der Waals surface area contributed by atoms with E-state index in [0.717, 1.165) is 17.3 Å². The summed E-state index contributed by atoms with van der Waals surface area (Å²) >= 11 is 5.66. The maximum absolute atomic E-state index is 13.1. The van der Waals surface area contributed by atoms with Crippen LogP contribution < -0.4 is 5.32 Å². The molecule has 5 nitrogen and oxygen atoms in total. The second kappa shape index (κ2) is 6.50. The number of nitrogens with zero attached hydrogens (tertiary/aromatic N) is 3. The topological polar surface area (TPSA) is 67.8 Å². The normalized spacial score (nSPS) is 10.3. The first-order valence-electron chi connectivity index (χ1n) is 6.63. The van der Waals surface area contributed by atoms with Gasteiger partial charge in [-0.15, -0.1) is 0 Å². The van der Waals surface area contributed by atoms with Crippen molar-refractivity contribution >= 4 is 23.5 Å². The molecule has 0 unspecified atom stereocenters. The van der Waals surface area contributed by atoms with Crippen LogP contribution in [0.25, 0.3) is 11.3 Å². The number of anilines is 1. The first kappa shape index (κ1) is 15.1. The molecular formula is C16H10ClFN4O. The second-order valence-electron chi connectivity index (χ2n) is 4.59. The van der Waals surface area contributed by atoms with Gasteiger partial charge in [-0.05, 0) is 30.3 Å². The van der Waals surface area contributed by atoms with Gasteiger partial charge < -0.3 is 0 Å². The summed E-state index contributed by atoms with van der Waals surface area (Å²) in [6.45, 7) is 0. The van der Waals surface area contributed by atoms with Crippen molar-refractivity contribution in [3.05, 3.63) is 71.4 Å². The van der Waals surface area contributed by atoms with E-state index in [0.29, 0.717) is 0 Å². The summed E-state index contributed by atoms with van der Waals surface area (Å²) in [4.78, 5) is 24.4. The zero-order valence-corrected chi connectivity index (χ0v) is 12.5. The number of amides is 1. The van der Waals surface area contributed by atoms with E-state index in [-0.39, 0.29) is 16.5 Å². The van der Waals surface area contributed by atoms with Gasteiger partial charge in [0, 0.05) is 29.7 Å². The lowest BCUT2D eigenvalue weighted by atomic mass is 10.2. The highest BCUT2D eigenvalue weighted by Crippen LogP contribution is 2.17. The highest BCUT2D eigenvalue weighted by Gasteiger charge is 2.10. The van der Waals surface area contributed by atoms with Crippen molar-refractivity contribution in [2.45, 2.75) is 0 Å². The molecule has 0 aliphatic carbocycles. The molecule has 23 heavy (non-hydrogen) atoms. The van der Waals surface area contributed by atoms with Crippen LogP contribution in [0.15, 0.2) is 55.0 Å². The molecule has 0 atom stereocenters. The van der Waals surface area contributed by atoms with E-state index in [2.05, 4.69) is 20.3 Å². The van der Waals surface area contributed by atoms with Gasteiger partial charge in [0.25, 0.3) is 5.91 Å². The van der Waals surface area contributed by atoms with Gasteiger partial charge in [0.15, 0.2) is 0 Å². The van der Waals surface area contributed by atoms with E-state index in [9.17, 15) is 9.18 Å². The Kier molecular flexibility index (Phi) is 4.25. The lowest BCUT2D eigenvalue weighted by molar-refractivity contribution is 0.102. The van der Waals surface area contributed by atoms with Gasteiger partial charge in [0.05, 0.1) is 10.7 Å². The Labute approximate surface area is 136 Å². The molecule has 3 rings (SSSR count).